The minimum absolute atomic E-state index is 0.0918. The summed E-state index contributed by atoms with van der Waals surface area (Å²) in [7, 11) is -1.10. The minimum atomic E-state index is -1.10. The van der Waals surface area contributed by atoms with E-state index in [-0.39, 0.29) is 17.9 Å². The number of nitrogens with zero attached hydrogens (tertiary/aromatic N) is 1. The highest BCUT2D eigenvalue weighted by Gasteiger charge is 2.36. The van der Waals surface area contributed by atoms with Crippen LogP contribution in [0.4, 0.5) is 0 Å². The first kappa shape index (κ1) is 20.8. The quantitative estimate of drug-likeness (QED) is 0.440. The maximum Gasteiger partial charge on any atom is 0.227 e. The molecular formula is C24H33NO2Si. The van der Waals surface area contributed by atoms with Crippen LogP contribution < -0.4 is 0 Å². The molecule has 2 unspecified atom stereocenters. The summed E-state index contributed by atoms with van der Waals surface area (Å²) >= 11 is 0. The molecule has 28 heavy (non-hydrogen) atoms. The molecule has 150 valence electrons. The highest BCUT2D eigenvalue weighted by molar-refractivity contribution is 6.76. The van der Waals surface area contributed by atoms with Crippen LogP contribution in [0.5, 0.6) is 0 Å². The largest absolute Gasteiger partial charge is 0.361 e. The van der Waals surface area contributed by atoms with Crippen molar-refractivity contribution in [3.05, 3.63) is 60.2 Å². The average molecular weight is 396 g/mol. The lowest BCUT2D eigenvalue weighted by molar-refractivity contribution is -0.136. The standard InChI is InChI=1S/C24H33NO2Si/c1-19-16-23(25(24(19)26)18-27-14-15-28(2,3)4)17-20-10-12-22(13-11-20)21-8-6-5-7-9-21/h5-13,19,23H,14-18H2,1-4H3. The second kappa shape index (κ2) is 9.06. The molecule has 1 aliphatic heterocycles. The predicted octanol–water partition coefficient (Wildman–Crippen LogP) is 5.45. The lowest BCUT2D eigenvalue weighted by Gasteiger charge is -2.25. The molecular weight excluding hydrogens is 362 g/mol. The first-order valence-corrected chi connectivity index (χ1v) is 14.1. The number of carbonyl (C=O) groups excluding carboxylic acids is 1. The maximum atomic E-state index is 12.6. The molecule has 0 aromatic heterocycles. The van der Waals surface area contributed by atoms with Gasteiger partial charge in [0.15, 0.2) is 0 Å². The molecule has 1 heterocycles. The van der Waals surface area contributed by atoms with E-state index in [1.165, 1.54) is 16.7 Å². The van der Waals surface area contributed by atoms with Gasteiger partial charge in [-0.15, -0.1) is 0 Å². The number of likely N-dealkylation sites (tertiary alicyclic amines) is 1. The van der Waals surface area contributed by atoms with E-state index in [0.717, 1.165) is 25.5 Å². The zero-order valence-electron chi connectivity index (χ0n) is 17.7. The predicted molar refractivity (Wildman–Crippen MR) is 119 cm³/mol. The van der Waals surface area contributed by atoms with Gasteiger partial charge in [-0.05, 0) is 35.6 Å². The van der Waals surface area contributed by atoms with Crippen LogP contribution >= 0.6 is 0 Å². The fraction of sp³-hybridized carbons (Fsp3) is 0.458. The van der Waals surface area contributed by atoms with Gasteiger partial charge >= 0.3 is 0 Å². The number of ether oxygens (including phenoxy) is 1. The molecule has 1 fully saturated rings. The number of hydrogen-bond donors (Lipinski definition) is 0. The summed E-state index contributed by atoms with van der Waals surface area (Å²) in [6.45, 7) is 10.3. The third kappa shape index (κ3) is 5.55. The number of carbonyl (C=O) groups is 1. The highest BCUT2D eigenvalue weighted by atomic mass is 28.3. The van der Waals surface area contributed by atoms with Gasteiger partial charge in [-0.3, -0.25) is 4.79 Å². The van der Waals surface area contributed by atoms with E-state index in [1.54, 1.807) is 0 Å². The van der Waals surface area contributed by atoms with Crippen LogP contribution in [-0.4, -0.2) is 38.3 Å². The van der Waals surface area contributed by atoms with Gasteiger partial charge in [0, 0.05) is 26.6 Å². The Morgan fingerprint density at radius 3 is 2.29 bits per heavy atom. The zero-order valence-corrected chi connectivity index (χ0v) is 18.7. The van der Waals surface area contributed by atoms with E-state index in [4.69, 9.17) is 4.74 Å². The fourth-order valence-corrected chi connectivity index (χ4v) is 4.50. The Morgan fingerprint density at radius 2 is 1.64 bits per heavy atom. The van der Waals surface area contributed by atoms with Crippen LogP contribution in [0.3, 0.4) is 0 Å². The molecule has 2 atom stereocenters. The van der Waals surface area contributed by atoms with E-state index < -0.39 is 8.07 Å². The molecule has 0 saturated carbocycles. The van der Waals surface area contributed by atoms with Crippen molar-refractivity contribution in [2.45, 2.75) is 51.5 Å². The number of amides is 1. The maximum absolute atomic E-state index is 12.6. The van der Waals surface area contributed by atoms with Crippen molar-refractivity contribution >= 4 is 14.0 Å². The van der Waals surface area contributed by atoms with Crippen LogP contribution in [0.15, 0.2) is 54.6 Å². The molecule has 0 radical (unpaired) electrons. The average Bonchev–Trinajstić information content (AvgIpc) is 2.93. The molecule has 0 aliphatic carbocycles. The summed E-state index contributed by atoms with van der Waals surface area (Å²) in [6.07, 6.45) is 1.80. The molecule has 2 aromatic rings. The molecule has 0 bridgehead atoms. The summed E-state index contributed by atoms with van der Waals surface area (Å²) in [5.74, 6) is 0.327. The molecule has 1 amide bonds. The van der Waals surface area contributed by atoms with Gasteiger partial charge in [0.05, 0.1) is 0 Å². The van der Waals surface area contributed by atoms with Gasteiger partial charge in [-0.2, -0.15) is 0 Å². The summed E-state index contributed by atoms with van der Waals surface area (Å²) in [5, 5.41) is 0. The first-order chi connectivity index (χ1) is 13.3. The van der Waals surface area contributed by atoms with Crippen molar-refractivity contribution < 1.29 is 9.53 Å². The first-order valence-electron chi connectivity index (χ1n) is 10.4. The second-order valence-corrected chi connectivity index (χ2v) is 14.8. The Hall–Kier alpha value is -1.91. The number of hydrogen-bond acceptors (Lipinski definition) is 2. The van der Waals surface area contributed by atoms with Crippen molar-refractivity contribution in [1.29, 1.82) is 0 Å². The Balaban J connectivity index is 1.60. The lowest BCUT2D eigenvalue weighted by Crippen LogP contribution is -2.37. The topological polar surface area (TPSA) is 29.5 Å². The summed E-state index contributed by atoms with van der Waals surface area (Å²) in [6, 6.07) is 20.5. The molecule has 3 nitrogen and oxygen atoms in total. The highest BCUT2D eigenvalue weighted by Crippen LogP contribution is 2.28. The van der Waals surface area contributed by atoms with Crippen LogP contribution in [0, 0.1) is 5.92 Å². The number of rotatable bonds is 8. The van der Waals surface area contributed by atoms with Gasteiger partial charge in [-0.25, -0.2) is 0 Å². The molecule has 3 rings (SSSR count). The molecule has 2 aromatic carbocycles. The molecule has 0 spiro atoms. The second-order valence-electron chi connectivity index (χ2n) is 9.21. The minimum Gasteiger partial charge on any atom is -0.361 e. The van der Waals surface area contributed by atoms with Crippen molar-refractivity contribution in [1.82, 2.24) is 4.90 Å². The Kier molecular flexibility index (Phi) is 6.73. The molecule has 0 N–H and O–H groups in total. The third-order valence-corrected chi connectivity index (χ3v) is 7.23. The van der Waals surface area contributed by atoms with Gasteiger partial charge in [-0.1, -0.05) is 81.2 Å². The summed E-state index contributed by atoms with van der Waals surface area (Å²) < 4.78 is 5.90. The number of benzene rings is 2. The van der Waals surface area contributed by atoms with Gasteiger partial charge in [0.1, 0.15) is 6.73 Å². The van der Waals surface area contributed by atoms with Crippen molar-refractivity contribution in [3.63, 3.8) is 0 Å². The van der Waals surface area contributed by atoms with E-state index in [2.05, 4.69) is 68.2 Å². The normalized spacial score (nSPS) is 20.0. The van der Waals surface area contributed by atoms with Gasteiger partial charge < -0.3 is 9.64 Å². The summed E-state index contributed by atoms with van der Waals surface area (Å²) in [5.41, 5.74) is 3.74. The van der Waals surface area contributed by atoms with E-state index in [1.807, 2.05) is 17.9 Å². The SMILES string of the molecule is CC1CC(Cc2ccc(-c3ccccc3)cc2)N(COCC[Si](C)(C)C)C1=O. The summed E-state index contributed by atoms with van der Waals surface area (Å²) in [4.78, 5) is 14.5. The lowest BCUT2D eigenvalue weighted by atomic mass is 9.98. The molecule has 1 saturated heterocycles. The molecule has 1 aliphatic rings. The fourth-order valence-electron chi connectivity index (χ4n) is 3.74. The zero-order chi connectivity index (χ0) is 20.1. The third-order valence-electron chi connectivity index (χ3n) is 5.53. The van der Waals surface area contributed by atoms with Crippen molar-refractivity contribution in [3.8, 4) is 11.1 Å². The monoisotopic (exact) mass is 395 g/mol. The van der Waals surface area contributed by atoms with Crippen LogP contribution in [0.25, 0.3) is 11.1 Å². The van der Waals surface area contributed by atoms with Crippen molar-refractivity contribution in [2.24, 2.45) is 5.92 Å². The Labute approximate surface area is 170 Å². The van der Waals surface area contributed by atoms with E-state index in [9.17, 15) is 4.79 Å². The van der Waals surface area contributed by atoms with Gasteiger partial charge in [0.25, 0.3) is 0 Å². The smallest absolute Gasteiger partial charge is 0.227 e. The van der Waals surface area contributed by atoms with Crippen molar-refractivity contribution in [2.75, 3.05) is 13.3 Å². The Bertz CT molecular complexity index is 767. The van der Waals surface area contributed by atoms with Crippen LogP contribution in [-0.2, 0) is 16.0 Å². The van der Waals surface area contributed by atoms with E-state index >= 15 is 0 Å². The van der Waals surface area contributed by atoms with Crippen LogP contribution in [0.2, 0.25) is 25.7 Å². The van der Waals surface area contributed by atoms with E-state index in [0.29, 0.717) is 6.73 Å². The molecule has 4 heteroatoms. The van der Waals surface area contributed by atoms with Gasteiger partial charge in [0.2, 0.25) is 5.91 Å². The Morgan fingerprint density at radius 1 is 1.00 bits per heavy atom. The van der Waals surface area contributed by atoms with Crippen LogP contribution in [0.1, 0.15) is 18.9 Å².